The molecule has 5 nitrogen and oxygen atoms in total. The Balaban J connectivity index is 3.04. The van der Waals surface area contributed by atoms with E-state index in [9.17, 15) is 8.42 Å². The molecule has 0 spiro atoms. The summed E-state index contributed by atoms with van der Waals surface area (Å²) in [5.74, 6) is 0. The fourth-order valence-electron chi connectivity index (χ4n) is 1.45. The van der Waals surface area contributed by atoms with E-state index in [-0.39, 0.29) is 10.4 Å². The highest BCUT2D eigenvalue weighted by Gasteiger charge is 2.22. The molecule has 6 heteroatoms. The highest BCUT2D eigenvalue weighted by atomic mass is 32.2. The number of hydrogen-bond donors (Lipinski definition) is 2. The maximum Gasteiger partial charge on any atom is 0.240 e. The molecule has 0 saturated carbocycles. The van der Waals surface area contributed by atoms with Crippen molar-refractivity contribution in [2.45, 2.75) is 24.3 Å². The topological polar surface area (TPSA) is 75.4 Å². The van der Waals surface area contributed by atoms with Gasteiger partial charge in [0, 0.05) is 24.8 Å². The van der Waals surface area contributed by atoms with Gasteiger partial charge >= 0.3 is 0 Å². The Morgan fingerprint density at radius 1 is 1.28 bits per heavy atom. The molecule has 1 aromatic carbocycles. The third kappa shape index (κ3) is 3.01. The van der Waals surface area contributed by atoms with Gasteiger partial charge < -0.3 is 10.6 Å². The molecule has 0 aliphatic heterocycles. The first-order valence-electron chi connectivity index (χ1n) is 5.72. The standard InChI is InChI=1S/C12H21N3O2S/c1-12(2,9-13)15(4)10-5-7-11(8-6-10)18(16,17)14-3/h5-8,14H,9,13H2,1-4H3. The zero-order chi connectivity index (χ0) is 14.0. The summed E-state index contributed by atoms with van der Waals surface area (Å²) in [4.78, 5) is 2.29. The number of benzene rings is 1. The zero-order valence-corrected chi connectivity index (χ0v) is 12.1. The van der Waals surface area contributed by atoms with Crippen molar-refractivity contribution < 1.29 is 8.42 Å². The molecule has 102 valence electrons. The molecule has 0 fully saturated rings. The first kappa shape index (κ1) is 14.9. The summed E-state index contributed by atoms with van der Waals surface area (Å²) in [5, 5.41) is 0. The van der Waals surface area contributed by atoms with Gasteiger partial charge in [0.2, 0.25) is 10.0 Å². The van der Waals surface area contributed by atoms with Crippen LogP contribution in [0.3, 0.4) is 0 Å². The van der Waals surface area contributed by atoms with Crippen LogP contribution in [-0.4, -0.2) is 34.6 Å². The molecule has 1 rings (SSSR count). The molecule has 0 atom stereocenters. The van der Waals surface area contributed by atoms with Crippen molar-refractivity contribution in [2.75, 3.05) is 25.5 Å². The van der Waals surface area contributed by atoms with Gasteiger partial charge in [0.1, 0.15) is 0 Å². The van der Waals surface area contributed by atoms with E-state index in [2.05, 4.69) is 4.72 Å². The summed E-state index contributed by atoms with van der Waals surface area (Å²) in [7, 11) is -0.0402. The molecule has 18 heavy (non-hydrogen) atoms. The molecule has 0 aliphatic carbocycles. The average molecular weight is 271 g/mol. The highest BCUT2D eigenvalue weighted by Crippen LogP contribution is 2.22. The maximum absolute atomic E-state index is 11.6. The molecule has 0 unspecified atom stereocenters. The number of nitrogens with zero attached hydrogens (tertiary/aromatic N) is 1. The van der Waals surface area contributed by atoms with Gasteiger partial charge in [0.05, 0.1) is 4.90 Å². The smallest absolute Gasteiger partial charge is 0.240 e. The number of sulfonamides is 1. The Morgan fingerprint density at radius 2 is 1.78 bits per heavy atom. The van der Waals surface area contributed by atoms with Crippen molar-refractivity contribution >= 4 is 15.7 Å². The lowest BCUT2D eigenvalue weighted by molar-refractivity contribution is 0.498. The van der Waals surface area contributed by atoms with Gasteiger partial charge in [-0.1, -0.05) is 0 Å². The summed E-state index contributed by atoms with van der Waals surface area (Å²) in [5.41, 5.74) is 6.47. The number of anilines is 1. The van der Waals surface area contributed by atoms with Crippen LogP contribution >= 0.6 is 0 Å². The van der Waals surface area contributed by atoms with E-state index in [0.717, 1.165) is 5.69 Å². The van der Waals surface area contributed by atoms with Gasteiger partial charge in [0.25, 0.3) is 0 Å². The van der Waals surface area contributed by atoms with Crippen molar-refractivity contribution in [1.82, 2.24) is 4.72 Å². The van der Waals surface area contributed by atoms with E-state index < -0.39 is 10.0 Å². The SMILES string of the molecule is CNS(=O)(=O)c1ccc(N(C)C(C)(C)CN)cc1. The van der Waals surface area contributed by atoms with Crippen molar-refractivity contribution in [3.8, 4) is 0 Å². The number of rotatable bonds is 5. The van der Waals surface area contributed by atoms with Crippen LogP contribution in [0.2, 0.25) is 0 Å². The van der Waals surface area contributed by atoms with Crippen molar-refractivity contribution in [3.63, 3.8) is 0 Å². The molecular weight excluding hydrogens is 250 g/mol. The van der Waals surface area contributed by atoms with Crippen LogP contribution in [0, 0.1) is 0 Å². The Hall–Kier alpha value is -1.11. The molecule has 0 heterocycles. The molecule has 0 radical (unpaired) electrons. The number of likely N-dealkylation sites (N-methyl/N-ethyl adjacent to an activating group) is 1. The minimum atomic E-state index is -3.37. The Labute approximate surface area is 109 Å². The lowest BCUT2D eigenvalue weighted by Gasteiger charge is -2.36. The van der Waals surface area contributed by atoms with Crippen LogP contribution in [0.25, 0.3) is 0 Å². The van der Waals surface area contributed by atoms with Gasteiger partial charge in [-0.15, -0.1) is 0 Å². The molecular formula is C12H21N3O2S. The van der Waals surface area contributed by atoms with E-state index in [1.54, 1.807) is 24.3 Å². The predicted molar refractivity (Wildman–Crippen MR) is 74.2 cm³/mol. The van der Waals surface area contributed by atoms with Gasteiger partial charge in [-0.25, -0.2) is 13.1 Å². The lowest BCUT2D eigenvalue weighted by atomic mass is 10.0. The molecule has 1 aromatic rings. The average Bonchev–Trinajstić information content (AvgIpc) is 2.38. The van der Waals surface area contributed by atoms with Crippen LogP contribution in [0.4, 0.5) is 5.69 Å². The summed E-state index contributed by atoms with van der Waals surface area (Å²) in [6.45, 7) is 4.58. The molecule has 0 amide bonds. The van der Waals surface area contributed by atoms with Gasteiger partial charge in [-0.2, -0.15) is 0 Å². The zero-order valence-electron chi connectivity index (χ0n) is 11.3. The van der Waals surface area contributed by atoms with Crippen molar-refractivity contribution in [2.24, 2.45) is 5.73 Å². The number of nitrogens with two attached hydrogens (primary N) is 1. The second kappa shape index (κ2) is 5.26. The fourth-order valence-corrected chi connectivity index (χ4v) is 2.18. The summed E-state index contributed by atoms with van der Waals surface area (Å²) in [6, 6.07) is 6.73. The fraction of sp³-hybridized carbons (Fsp3) is 0.500. The highest BCUT2D eigenvalue weighted by molar-refractivity contribution is 7.89. The van der Waals surface area contributed by atoms with Crippen molar-refractivity contribution in [3.05, 3.63) is 24.3 Å². The minimum Gasteiger partial charge on any atom is -0.368 e. The molecule has 0 saturated heterocycles. The van der Waals surface area contributed by atoms with Crippen LogP contribution in [0.1, 0.15) is 13.8 Å². The second-order valence-corrected chi connectivity index (χ2v) is 6.66. The van der Waals surface area contributed by atoms with E-state index in [1.165, 1.54) is 7.05 Å². The third-order valence-corrected chi connectivity index (χ3v) is 4.64. The normalized spacial score (nSPS) is 12.5. The monoisotopic (exact) mass is 271 g/mol. The largest absolute Gasteiger partial charge is 0.368 e. The number of nitrogens with one attached hydrogen (secondary N) is 1. The Morgan fingerprint density at radius 3 is 2.17 bits per heavy atom. The number of hydrogen-bond acceptors (Lipinski definition) is 4. The minimum absolute atomic E-state index is 0.177. The summed E-state index contributed by atoms with van der Waals surface area (Å²) < 4.78 is 25.5. The maximum atomic E-state index is 11.6. The first-order chi connectivity index (χ1) is 8.24. The van der Waals surface area contributed by atoms with Gasteiger partial charge in [-0.05, 0) is 45.2 Å². The lowest BCUT2D eigenvalue weighted by Crippen LogP contribution is -2.47. The predicted octanol–water partition coefficient (Wildman–Crippen LogP) is 0.768. The van der Waals surface area contributed by atoms with Crippen LogP contribution in [-0.2, 0) is 10.0 Å². The van der Waals surface area contributed by atoms with Crippen LogP contribution in [0.5, 0.6) is 0 Å². The summed E-state index contributed by atoms with van der Waals surface area (Å²) >= 11 is 0. The Bertz CT molecular complexity index is 495. The van der Waals surface area contributed by atoms with E-state index >= 15 is 0 Å². The van der Waals surface area contributed by atoms with Gasteiger partial charge in [-0.3, -0.25) is 0 Å². The molecule has 0 bridgehead atoms. The quantitative estimate of drug-likeness (QED) is 0.829. The van der Waals surface area contributed by atoms with Crippen LogP contribution < -0.4 is 15.4 Å². The van der Waals surface area contributed by atoms with E-state index in [0.29, 0.717) is 6.54 Å². The van der Waals surface area contributed by atoms with Crippen molar-refractivity contribution in [1.29, 1.82) is 0 Å². The van der Waals surface area contributed by atoms with E-state index in [1.807, 2.05) is 25.8 Å². The molecule has 0 aliphatic rings. The van der Waals surface area contributed by atoms with Crippen LogP contribution in [0.15, 0.2) is 29.2 Å². The first-order valence-corrected chi connectivity index (χ1v) is 7.20. The molecule has 3 N–H and O–H groups in total. The van der Waals surface area contributed by atoms with Gasteiger partial charge in [0.15, 0.2) is 0 Å². The second-order valence-electron chi connectivity index (χ2n) is 4.78. The molecule has 0 aromatic heterocycles. The van der Waals surface area contributed by atoms with E-state index in [4.69, 9.17) is 5.73 Å². The third-order valence-electron chi connectivity index (χ3n) is 3.21. The Kier molecular flexibility index (Phi) is 4.37. The summed E-state index contributed by atoms with van der Waals surface area (Å²) in [6.07, 6.45) is 0.